The van der Waals surface area contributed by atoms with E-state index in [1.807, 2.05) is 31.3 Å². The second kappa shape index (κ2) is 6.47. The number of benzene rings is 1. The van der Waals surface area contributed by atoms with Crippen molar-refractivity contribution in [3.63, 3.8) is 0 Å². The molecule has 1 amide bonds. The first-order valence-electron chi connectivity index (χ1n) is 5.98. The van der Waals surface area contributed by atoms with Crippen LogP contribution in [0.4, 0.5) is 18.9 Å². The van der Waals surface area contributed by atoms with Gasteiger partial charge in [0.25, 0.3) is 0 Å². The summed E-state index contributed by atoms with van der Waals surface area (Å²) in [4.78, 5) is 11.6. The maximum Gasteiger partial charge on any atom is 0.405 e. The highest BCUT2D eigenvalue weighted by atomic mass is 79.9. The van der Waals surface area contributed by atoms with Crippen molar-refractivity contribution in [3.8, 4) is 0 Å². The molecule has 0 aliphatic rings. The molecule has 1 aromatic carbocycles. The highest BCUT2D eigenvalue weighted by Crippen LogP contribution is 2.25. The number of alkyl halides is 3. The molecule has 112 valence electrons. The first kappa shape index (κ1) is 16.8. The quantitative estimate of drug-likeness (QED) is 0.869. The van der Waals surface area contributed by atoms with E-state index in [0.717, 1.165) is 21.3 Å². The van der Waals surface area contributed by atoms with Crippen LogP contribution >= 0.6 is 15.9 Å². The van der Waals surface area contributed by atoms with Gasteiger partial charge in [-0.2, -0.15) is 13.2 Å². The smallest absolute Gasteiger partial charge is 0.373 e. The van der Waals surface area contributed by atoms with Gasteiger partial charge in [-0.1, -0.05) is 15.9 Å². The van der Waals surface area contributed by atoms with Crippen LogP contribution in [0.2, 0.25) is 0 Å². The predicted molar refractivity (Wildman–Crippen MR) is 75.8 cm³/mol. The zero-order valence-electron chi connectivity index (χ0n) is 11.4. The van der Waals surface area contributed by atoms with Crippen molar-refractivity contribution in [1.82, 2.24) is 5.32 Å². The molecular weight excluding hydrogens is 337 g/mol. The number of hydrogen-bond donors (Lipinski definition) is 2. The Morgan fingerprint density at radius 2 is 1.80 bits per heavy atom. The van der Waals surface area contributed by atoms with Gasteiger partial charge in [0.15, 0.2) is 0 Å². The summed E-state index contributed by atoms with van der Waals surface area (Å²) in [5.74, 6) is -0.691. The number of amides is 1. The fourth-order valence-electron chi connectivity index (χ4n) is 1.76. The molecule has 0 heterocycles. The van der Waals surface area contributed by atoms with Gasteiger partial charge >= 0.3 is 6.18 Å². The van der Waals surface area contributed by atoms with Crippen LogP contribution in [0.5, 0.6) is 0 Å². The van der Waals surface area contributed by atoms with Gasteiger partial charge in [-0.05, 0) is 44.0 Å². The molecule has 0 fully saturated rings. The van der Waals surface area contributed by atoms with Crippen molar-refractivity contribution >= 4 is 27.5 Å². The van der Waals surface area contributed by atoms with E-state index in [1.54, 1.807) is 0 Å². The molecular formula is C13H16BrF3N2O. The van der Waals surface area contributed by atoms with Crippen LogP contribution in [0.1, 0.15) is 18.1 Å². The lowest BCUT2D eigenvalue weighted by molar-refractivity contribution is -0.138. The minimum absolute atomic E-state index is 0.691. The Morgan fingerprint density at radius 3 is 2.25 bits per heavy atom. The molecule has 3 nitrogen and oxygen atoms in total. The third-order valence-electron chi connectivity index (χ3n) is 2.71. The molecule has 1 unspecified atom stereocenters. The molecule has 0 aliphatic carbocycles. The van der Waals surface area contributed by atoms with Gasteiger partial charge in [0.2, 0.25) is 5.91 Å². The summed E-state index contributed by atoms with van der Waals surface area (Å²) >= 11 is 3.36. The Hall–Kier alpha value is -1.24. The van der Waals surface area contributed by atoms with Crippen LogP contribution in [-0.4, -0.2) is 24.7 Å². The molecule has 2 N–H and O–H groups in total. The molecule has 0 saturated carbocycles. The largest absolute Gasteiger partial charge is 0.405 e. The first-order valence-corrected chi connectivity index (χ1v) is 6.77. The summed E-state index contributed by atoms with van der Waals surface area (Å²) in [5, 5.41) is 4.80. The number of carbonyl (C=O) groups excluding carboxylic acids is 1. The fourth-order valence-corrected chi connectivity index (χ4v) is 2.45. The van der Waals surface area contributed by atoms with Crippen molar-refractivity contribution in [3.05, 3.63) is 27.7 Å². The predicted octanol–water partition coefficient (Wildman–Crippen LogP) is 3.54. The van der Waals surface area contributed by atoms with E-state index in [0.29, 0.717) is 0 Å². The summed E-state index contributed by atoms with van der Waals surface area (Å²) in [6.45, 7) is 3.92. The lowest BCUT2D eigenvalue weighted by Gasteiger charge is -2.19. The monoisotopic (exact) mass is 352 g/mol. The van der Waals surface area contributed by atoms with E-state index in [-0.39, 0.29) is 0 Å². The minimum atomic E-state index is -4.40. The van der Waals surface area contributed by atoms with Crippen LogP contribution in [0.15, 0.2) is 16.6 Å². The molecule has 20 heavy (non-hydrogen) atoms. The molecule has 0 saturated heterocycles. The number of rotatable bonds is 4. The third kappa shape index (κ3) is 5.03. The van der Waals surface area contributed by atoms with Crippen LogP contribution in [-0.2, 0) is 4.79 Å². The van der Waals surface area contributed by atoms with Crippen LogP contribution < -0.4 is 10.6 Å². The molecule has 7 heteroatoms. The van der Waals surface area contributed by atoms with Crippen LogP contribution in [0, 0.1) is 13.8 Å². The van der Waals surface area contributed by atoms with Crippen molar-refractivity contribution in [2.24, 2.45) is 0 Å². The van der Waals surface area contributed by atoms with E-state index in [1.165, 1.54) is 6.92 Å². The van der Waals surface area contributed by atoms with E-state index in [9.17, 15) is 18.0 Å². The number of carbonyl (C=O) groups is 1. The maximum atomic E-state index is 12.0. The van der Waals surface area contributed by atoms with Crippen molar-refractivity contribution < 1.29 is 18.0 Å². The van der Waals surface area contributed by atoms with Gasteiger partial charge in [-0.15, -0.1) is 0 Å². The Balaban J connectivity index is 2.71. The average Bonchev–Trinajstić information content (AvgIpc) is 2.29. The molecule has 1 atom stereocenters. The number of anilines is 1. The minimum Gasteiger partial charge on any atom is -0.373 e. The van der Waals surface area contributed by atoms with E-state index >= 15 is 0 Å². The van der Waals surface area contributed by atoms with Crippen molar-refractivity contribution in [1.29, 1.82) is 0 Å². The maximum absolute atomic E-state index is 12.0. The zero-order chi connectivity index (χ0) is 15.5. The normalized spacial score (nSPS) is 12.9. The van der Waals surface area contributed by atoms with Gasteiger partial charge in [-0.25, -0.2) is 0 Å². The summed E-state index contributed by atoms with van der Waals surface area (Å²) in [5.41, 5.74) is 2.57. The molecule has 0 spiro atoms. The van der Waals surface area contributed by atoms with Gasteiger partial charge in [0, 0.05) is 10.2 Å². The zero-order valence-corrected chi connectivity index (χ0v) is 12.9. The lowest BCUT2D eigenvalue weighted by atomic mass is 10.1. The third-order valence-corrected chi connectivity index (χ3v) is 3.17. The number of halogens is 4. The molecule has 0 aromatic heterocycles. The molecule has 1 rings (SSSR count). The number of aryl methyl sites for hydroxylation is 2. The fraction of sp³-hybridized carbons (Fsp3) is 0.462. The van der Waals surface area contributed by atoms with E-state index < -0.39 is 24.7 Å². The number of hydrogen-bond acceptors (Lipinski definition) is 2. The molecule has 1 aromatic rings. The highest BCUT2D eigenvalue weighted by Gasteiger charge is 2.28. The van der Waals surface area contributed by atoms with Gasteiger partial charge in [0.05, 0.1) is 0 Å². The summed E-state index contributed by atoms with van der Waals surface area (Å²) in [7, 11) is 0. The molecule has 0 aliphatic heterocycles. The summed E-state index contributed by atoms with van der Waals surface area (Å²) in [6.07, 6.45) is -4.40. The number of nitrogens with one attached hydrogen (secondary N) is 2. The second-order valence-electron chi connectivity index (χ2n) is 4.61. The Kier molecular flexibility index (Phi) is 5.44. The molecule has 0 bridgehead atoms. The standard InChI is InChI=1S/C13H16BrF3N2O/c1-7-4-10(14)5-8(2)11(7)19-9(3)12(20)18-6-13(15,16)17/h4-5,9,19H,6H2,1-3H3,(H,18,20). The lowest BCUT2D eigenvalue weighted by Crippen LogP contribution is -2.42. The van der Waals surface area contributed by atoms with E-state index in [4.69, 9.17) is 0 Å². The average molecular weight is 353 g/mol. The summed E-state index contributed by atoms with van der Waals surface area (Å²) in [6, 6.07) is 2.99. The molecule has 0 radical (unpaired) electrons. The first-order chi connectivity index (χ1) is 9.10. The van der Waals surface area contributed by atoms with Crippen molar-refractivity contribution in [2.75, 3.05) is 11.9 Å². The summed E-state index contributed by atoms with van der Waals surface area (Å²) < 4.78 is 37.0. The second-order valence-corrected chi connectivity index (χ2v) is 5.53. The Morgan fingerprint density at radius 1 is 1.30 bits per heavy atom. The van der Waals surface area contributed by atoms with Gasteiger partial charge in [-0.3, -0.25) is 4.79 Å². The van der Waals surface area contributed by atoms with Crippen molar-refractivity contribution in [2.45, 2.75) is 33.0 Å². The Bertz CT molecular complexity index is 480. The Labute approximate surface area is 124 Å². The SMILES string of the molecule is Cc1cc(Br)cc(C)c1NC(C)C(=O)NCC(F)(F)F. The topological polar surface area (TPSA) is 41.1 Å². The van der Waals surface area contributed by atoms with Gasteiger partial charge < -0.3 is 10.6 Å². The van der Waals surface area contributed by atoms with Gasteiger partial charge in [0.1, 0.15) is 12.6 Å². The van der Waals surface area contributed by atoms with E-state index in [2.05, 4.69) is 21.2 Å². The van der Waals surface area contributed by atoms with Crippen LogP contribution in [0.25, 0.3) is 0 Å². The van der Waals surface area contributed by atoms with Crippen LogP contribution in [0.3, 0.4) is 0 Å². The highest BCUT2D eigenvalue weighted by molar-refractivity contribution is 9.10.